The third-order valence-corrected chi connectivity index (χ3v) is 2.50. The average molecular weight is 224 g/mol. The highest BCUT2D eigenvalue weighted by Crippen LogP contribution is 2.26. The smallest absolute Gasteiger partial charge is 0.189 e. The van der Waals surface area contributed by atoms with Crippen molar-refractivity contribution in [3.05, 3.63) is 24.3 Å². The zero-order valence-electron chi connectivity index (χ0n) is 9.31. The molecule has 0 bridgehead atoms. The molecule has 1 heterocycles. The van der Waals surface area contributed by atoms with E-state index in [2.05, 4.69) is 6.92 Å². The molecular weight excluding hydrogens is 208 g/mol. The highest BCUT2D eigenvalue weighted by molar-refractivity contribution is 5.29. The number of phenolic OH excluding ortho intramolecular Hbond substituents is 1. The van der Waals surface area contributed by atoms with Crippen molar-refractivity contribution in [3.63, 3.8) is 0 Å². The molecule has 2 rings (SSSR count). The minimum atomic E-state index is 0.151. The lowest BCUT2D eigenvalue weighted by molar-refractivity contribution is -0.151. The molecule has 4 heteroatoms. The van der Waals surface area contributed by atoms with Crippen LogP contribution in [-0.4, -0.2) is 31.7 Å². The van der Waals surface area contributed by atoms with Crippen LogP contribution in [0.1, 0.15) is 6.92 Å². The molecule has 0 amide bonds. The molecular formula is C12H16O4. The Hall–Kier alpha value is -1.26. The van der Waals surface area contributed by atoms with Crippen molar-refractivity contribution in [2.45, 2.75) is 6.92 Å². The van der Waals surface area contributed by atoms with Crippen molar-refractivity contribution in [1.82, 2.24) is 0 Å². The minimum absolute atomic E-state index is 0.151. The van der Waals surface area contributed by atoms with Crippen molar-refractivity contribution >= 4 is 0 Å². The van der Waals surface area contributed by atoms with Crippen LogP contribution >= 0.6 is 0 Å². The van der Waals surface area contributed by atoms with Gasteiger partial charge in [-0.2, -0.15) is 0 Å². The second-order valence-corrected chi connectivity index (χ2v) is 4.41. The Morgan fingerprint density at radius 3 is 2.56 bits per heavy atom. The molecule has 1 N–H and O–H groups in total. The molecule has 0 atom stereocenters. The van der Waals surface area contributed by atoms with E-state index < -0.39 is 0 Å². The highest BCUT2D eigenvalue weighted by Gasteiger charge is 2.33. The van der Waals surface area contributed by atoms with Crippen LogP contribution in [0.5, 0.6) is 11.5 Å². The maximum atomic E-state index is 9.07. The number of hydrogen-bond donors (Lipinski definition) is 1. The number of aromatic hydroxyl groups is 1. The van der Waals surface area contributed by atoms with Gasteiger partial charge >= 0.3 is 0 Å². The molecule has 1 saturated heterocycles. The summed E-state index contributed by atoms with van der Waals surface area (Å²) in [6.07, 6.45) is 0. The van der Waals surface area contributed by atoms with Crippen molar-refractivity contribution in [2.24, 2.45) is 5.41 Å². The van der Waals surface area contributed by atoms with Crippen LogP contribution in [0.4, 0.5) is 0 Å². The Balaban J connectivity index is 1.66. The summed E-state index contributed by atoms with van der Waals surface area (Å²) in [5, 5.41) is 9.07. The van der Waals surface area contributed by atoms with Gasteiger partial charge in [-0.25, -0.2) is 0 Å². The number of rotatable bonds is 5. The summed E-state index contributed by atoms with van der Waals surface area (Å²) in [6.45, 7) is 4.50. The normalized spacial score (nSPS) is 17.8. The molecule has 0 spiro atoms. The van der Waals surface area contributed by atoms with E-state index >= 15 is 0 Å². The van der Waals surface area contributed by atoms with Crippen molar-refractivity contribution in [2.75, 3.05) is 26.6 Å². The molecule has 1 aliphatic rings. The first-order chi connectivity index (χ1) is 7.68. The summed E-state index contributed by atoms with van der Waals surface area (Å²) in [7, 11) is 0. The number of hydrogen-bond acceptors (Lipinski definition) is 4. The van der Waals surface area contributed by atoms with E-state index in [4.69, 9.17) is 19.3 Å². The fourth-order valence-corrected chi connectivity index (χ4v) is 1.47. The van der Waals surface area contributed by atoms with E-state index in [1.807, 2.05) is 0 Å². The van der Waals surface area contributed by atoms with Gasteiger partial charge in [-0.3, -0.25) is 0 Å². The lowest BCUT2D eigenvalue weighted by Crippen LogP contribution is -2.43. The molecule has 4 nitrogen and oxygen atoms in total. The van der Waals surface area contributed by atoms with E-state index in [0.29, 0.717) is 12.4 Å². The lowest BCUT2D eigenvalue weighted by Gasteiger charge is -2.37. The van der Waals surface area contributed by atoms with E-state index in [0.717, 1.165) is 13.2 Å². The fraction of sp³-hybridized carbons (Fsp3) is 0.500. The van der Waals surface area contributed by atoms with Crippen molar-refractivity contribution < 1.29 is 19.3 Å². The molecule has 1 aromatic rings. The first-order valence-corrected chi connectivity index (χ1v) is 5.25. The summed E-state index contributed by atoms with van der Waals surface area (Å²) in [4.78, 5) is 0. The molecule has 1 fully saturated rings. The number of phenols is 1. The maximum Gasteiger partial charge on any atom is 0.189 e. The minimum Gasteiger partial charge on any atom is -0.508 e. The average Bonchev–Trinajstić information content (AvgIpc) is 2.24. The standard InChI is InChI=1S/C12H16O4/c1-12(6-14-7-12)8-15-9-16-11-4-2-10(13)3-5-11/h2-5,13H,6-9H2,1H3. The second-order valence-electron chi connectivity index (χ2n) is 4.41. The molecule has 88 valence electrons. The third-order valence-electron chi connectivity index (χ3n) is 2.50. The topological polar surface area (TPSA) is 47.9 Å². The van der Waals surface area contributed by atoms with Gasteiger partial charge in [0.05, 0.1) is 19.8 Å². The quantitative estimate of drug-likeness (QED) is 0.611. The van der Waals surface area contributed by atoms with Gasteiger partial charge in [0.25, 0.3) is 0 Å². The zero-order valence-corrected chi connectivity index (χ0v) is 9.31. The zero-order chi connectivity index (χ0) is 11.4. The van der Waals surface area contributed by atoms with Crippen molar-refractivity contribution in [3.8, 4) is 11.5 Å². The Kier molecular flexibility index (Phi) is 3.31. The summed E-state index contributed by atoms with van der Waals surface area (Å²) < 4.78 is 15.9. The van der Waals surface area contributed by atoms with Crippen LogP contribution in [-0.2, 0) is 9.47 Å². The van der Waals surface area contributed by atoms with Gasteiger partial charge in [-0.1, -0.05) is 6.92 Å². The summed E-state index contributed by atoms with van der Waals surface area (Å²) in [6, 6.07) is 6.56. The summed E-state index contributed by atoms with van der Waals surface area (Å²) in [5.41, 5.74) is 0.151. The van der Waals surface area contributed by atoms with E-state index in [-0.39, 0.29) is 18.0 Å². The van der Waals surface area contributed by atoms with Gasteiger partial charge in [0.1, 0.15) is 11.5 Å². The van der Waals surface area contributed by atoms with Crippen LogP contribution < -0.4 is 4.74 Å². The predicted molar refractivity (Wildman–Crippen MR) is 58.5 cm³/mol. The Morgan fingerprint density at radius 1 is 1.31 bits per heavy atom. The van der Waals surface area contributed by atoms with Gasteiger partial charge in [0, 0.05) is 5.41 Å². The largest absolute Gasteiger partial charge is 0.508 e. The number of ether oxygens (including phenoxy) is 3. The van der Waals surface area contributed by atoms with Crippen molar-refractivity contribution in [1.29, 1.82) is 0 Å². The van der Waals surface area contributed by atoms with E-state index in [9.17, 15) is 0 Å². The van der Waals surface area contributed by atoms with Crippen LogP contribution in [0.2, 0.25) is 0 Å². The fourth-order valence-electron chi connectivity index (χ4n) is 1.47. The molecule has 0 saturated carbocycles. The van der Waals surface area contributed by atoms with E-state index in [1.165, 1.54) is 0 Å². The van der Waals surface area contributed by atoms with Gasteiger partial charge in [0.15, 0.2) is 6.79 Å². The van der Waals surface area contributed by atoms with Crippen LogP contribution in [0, 0.1) is 5.41 Å². The monoisotopic (exact) mass is 224 g/mol. The van der Waals surface area contributed by atoms with Crippen LogP contribution in [0.25, 0.3) is 0 Å². The Morgan fingerprint density at radius 2 is 2.00 bits per heavy atom. The van der Waals surface area contributed by atoms with Gasteiger partial charge in [0.2, 0.25) is 0 Å². The van der Waals surface area contributed by atoms with Crippen LogP contribution in [0.3, 0.4) is 0 Å². The van der Waals surface area contributed by atoms with Gasteiger partial charge < -0.3 is 19.3 Å². The van der Waals surface area contributed by atoms with Crippen LogP contribution in [0.15, 0.2) is 24.3 Å². The molecule has 0 aliphatic carbocycles. The molecule has 1 aromatic carbocycles. The first kappa shape index (κ1) is 11.2. The molecule has 1 aliphatic heterocycles. The lowest BCUT2D eigenvalue weighted by atomic mass is 9.90. The molecule has 16 heavy (non-hydrogen) atoms. The first-order valence-electron chi connectivity index (χ1n) is 5.25. The molecule has 0 aromatic heterocycles. The van der Waals surface area contributed by atoms with Gasteiger partial charge in [-0.05, 0) is 24.3 Å². The van der Waals surface area contributed by atoms with E-state index in [1.54, 1.807) is 24.3 Å². The summed E-state index contributed by atoms with van der Waals surface area (Å²) >= 11 is 0. The Bertz CT molecular complexity index is 329. The maximum absolute atomic E-state index is 9.07. The third kappa shape index (κ3) is 2.87. The van der Waals surface area contributed by atoms with Gasteiger partial charge in [-0.15, -0.1) is 0 Å². The highest BCUT2D eigenvalue weighted by atomic mass is 16.7. The predicted octanol–water partition coefficient (Wildman–Crippen LogP) is 1.78. The molecule has 0 radical (unpaired) electrons. The number of benzene rings is 1. The second kappa shape index (κ2) is 4.72. The summed E-state index contributed by atoms with van der Waals surface area (Å²) in [5.74, 6) is 0.917. The SMILES string of the molecule is CC1(COCOc2ccc(O)cc2)COC1. The Labute approximate surface area is 94.8 Å². The molecule has 0 unspecified atom stereocenters.